The van der Waals surface area contributed by atoms with E-state index < -0.39 is 22.7 Å². The summed E-state index contributed by atoms with van der Waals surface area (Å²) in [4.78, 5) is 38.3. The summed E-state index contributed by atoms with van der Waals surface area (Å²) < 4.78 is 5.35. The van der Waals surface area contributed by atoms with Gasteiger partial charge in [0.15, 0.2) is 5.78 Å². The zero-order chi connectivity index (χ0) is 20.2. The van der Waals surface area contributed by atoms with Crippen molar-refractivity contribution in [1.29, 1.82) is 0 Å². The molecule has 0 spiro atoms. The van der Waals surface area contributed by atoms with Crippen LogP contribution in [0.1, 0.15) is 31.1 Å². The first kappa shape index (κ1) is 20.8. The highest BCUT2D eigenvalue weighted by Crippen LogP contribution is 2.17. The van der Waals surface area contributed by atoms with Gasteiger partial charge in [-0.1, -0.05) is 12.1 Å². The Morgan fingerprint density at radius 3 is 2.63 bits per heavy atom. The molecule has 1 aromatic rings. The highest BCUT2D eigenvalue weighted by molar-refractivity contribution is 5.98. The van der Waals surface area contributed by atoms with Crippen LogP contribution in [0.25, 0.3) is 0 Å². The number of carbonyl (C=O) groups excluding carboxylic acids is 2. The minimum Gasteiger partial charge on any atom is -0.444 e. The van der Waals surface area contributed by atoms with E-state index in [0.717, 1.165) is 0 Å². The van der Waals surface area contributed by atoms with Crippen molar-refractivity contribution in [2.24, 2.45) is 0 Å². The summed E-state index contributed by atoms with van der Waals surface area (Å²) in [5.74, 6) is -0.275. The molecule has 1 saturated heterocycles. The monoisotopic (exact) mass is 379 g/mol. The zero-order valence-corrected chi connectivity index (χ0v) is 15.8. The van der Waals surface area contributed by atoms with E-state index in [2.05, 4.69) is 0 Å². The maximum atomic E-state index is 12.5. The molecule has 2 rings (SSSR count). The van der Waals surface area contributed by atoms with Gasteiger partial charge >= 0.3 is 6.09 Å². The number of nitro benzene ring substituents is 1. The van der Waals surface area contributed by atoms with Crippen LogP contribution in [0.15, 0.2) is 24.3 Å². The summed E-state index contributed by atoms with van der Waals surface area (Å²) in [6.07, 6.45) is -0.453. The Kier molecular flexibility index (Phi) is 6.50. The number of benzene rings is 1. The van der Waals surface area contributed by atoms with Gasteiger partial charge in [-0.05, 0) is 20.8 Å². The number of piperazine rings is 1. The number of Topliss-reactive ketones (excluding diaryl/α,β-unsaturated/α-hetero) is 1. The van der Waals surface area contributed by atoms with Gasteiger partial charge in [-0.25, -0.2) is 4.79 Å². The van der Waals surface area contributed by atoms with E-state index in [4.69, 9.17) is 4.74 Å². The number of hydrogen-bond donors (Lipinski definition) is 1. The molecule has 27 heavy (non-hydrogen) atoms. The average molecular weight is 379 g/mol. The quantitative estimate of drug-likeness (QED) is 0.470. The van der Waals surface area contributed by atoms with Crippen molar-refractivity contribution in [2.45, 2.75) is 32.4 Å². The van der Waals surface area contributed by atoms with Crippen LogP contribution in [-0.4, -0.2) is 76.1 Å². The van der Waals surface area contributed by atoms with E-state index in [0.29, 0.717) is 13.1 Å². The second-order valence-electron chi connectivity index (χ2n) is 7.46. The van der Waals surface area contributed by atoms with Gasteiger partial charge in [0.1, 0.15) is 5.60 Å². The van der Waals surface area contributed by atoms with Gasteiger partial charge in [0.25, 0.3) is 5.69 Å². The van der Waals surface area contributed by atoms with Gasteiger partial charge in [0.05, 0.1) is 24.1 Å². The third-order valence-corrected chi connectivity index (χ3v) is 4.19. The number of ketones is 1. The number of aliphatic hydroxyl groups excluding tert-OH is 1. The first-order valence-electron chi connectivity index (χ1n) is 8.71. The third kappa shape index (κ3) is 5.73. The predicted octanol–water partition coefficient (Wildman–Crippen LogP) is 1.69. The van der Waals surface area contributed by atoms with Crippen LogP contribution in [0.3, 0.4) is 0 Å². The van der Waals surface area contributed by atoms with E-state index in [1.165, 1.54) is 29.2 Å². The molecular formula is C18H25N3O6. The fraction of sp³-hybridized carbons (Fsp3) is 0.556. The number of rotatable bonds is 5. The molecule has 0 aromatic heterocycles. The van der Waals surface area contributed by atoms with Gasteiger partial charge in [-0.3, -0.25) is 19.8 Å². The summed E-state index contributed by atoms with van der Waals surface area (Å²) >= 11 is 0. The molecule has 1 heterocycles. The van der Waals surface area contributed by atoms with Crippen LogP contribution in [0.5, 0.6) is 0 Å². The van der Waals surface area contributed by atoms with Crippen molar-refractivity contribution in [3.8, 4) is 0 Å². The molecule has 0 unspecified atom stereocenters. The molecule has 0 radical (unpaired) electrons. The fourth-order valence-corrected chi connectivity index (χ4v) is 2.84. The second-order valence-corrected chi connectivity index (χ2v) is 7.46. The first-order chi connectivity index (χ1) is 12.6. The first-order valence-corrected chi connectivity index (χ1v) is 8.71. The normalized spacial score (nSPS) is 18.2. The molecule has 0 bridgehead atoms. The maximum absolute atomic E-state index is 12.5. The van der Waals surface area contributed by atoms with Crippen LogP contribution in [-0.2, 0) is 4.74 Å². The Morgan fingerprint density at radius 2 is 2.04 bits per heavy atom. The van der Waals surface area contributed by atoms with Crippen LogP contribution in [0.2, 0.25) is 0 Å². The Labute approximate surface area is 157 Å². The summed E-state index contributed by atoms with van der Waals surface area (Å²) in [5, 5.41) is 20.5. The molecule has 1 amide bonds. The minimum absolute atomic E-state index is 0.00848. The Morgan fingerprint density at radius 1 is 1.33 bits per heavy atom. The van der Waals surface area contributed by atoms with E-state index >= 15 is 0 Å². The van der Waals surface area contributed by atoms with Crippen molar-refractivity contribution < 1.29 is 24.4 Å². The number of aliphatic hydroxyl groups is 1. The molecule has 0 aliphatic carbocycles. The second kappa shape index (κ2) is 8.45. The van der Waals surface area contributed by atoms with E-state index in [1.807, 2.05) is 0 Å². The summed E-state index contributed by atoms with van der Waals surface area (Å²) in [6.45, 7) is 6.13. The summed E-state index contributed by atoms with van der Waals surface area (Å²) in [6, 6.07) is 5.16. The van der Waals surface area contributed by atoms with E-state index in [1.54, 1.807) is 25.7 Å². The minimum atomic E-state index is -0.610. The number of carbonyl (C=O) groups is 2. The Bertz CT molecular complexity index is 715. The number of nitro groups is 1. The summed E-state index contributed by atoms with van der Waals surface area (Å²) in [7, 11) is 0. The largest absolute Gasteiger partial charge is 0.444 e. The standard InChI is InChI=1S/C18H25N3O6/c1-18(2,3)27-17(24)20-8-7-19(15(10-20)12-22)11-16(23)13-5-4-6-14(9-13)21(25)26/h4-6,9,15,22H,7-8,10-12H2,1-3H3/t15-/m0/s1. The van der Waals surface area contributed by atoms with Crippen LogP contribution in [0, 0.1) is 10.1 Å². The van der Waals surface area contributed by atoms with Crippen molar-refractivity contribution >= 4 is 17.6 Å². The Balaban J connectivity index is 2.01. The van der Waals surface area contributed by atoms with E-state index in [-0.39, 0.29) is 36.7 Å². The molecule has 1 aromatic carbocycles. The molecule has 9 heteroatoms. The summed E-state index contributed by atoms with van der Waals surface area (Å²) in [5.41, 5.74) is -0.509. The Hall–Kier alpha value is -2.52. The lowest BCUT2D eigenvalue weighted by atomic mass is 10.1. The van der Waals surface area contributed by atoms with Gasteiger partial charge < -0.3 is 14.7 Å². The van der Waals surface area contributed by atoms with Crippen LogP contribution < -0.4 is 0 Å². The lowest BCUT2D eigenvalue weighted by Crippen LogP contribution is -2.57. The highest BCUT2D eigenvalue weighted by Gasteiger charge is 2.32. The molecule has 148 valence electrons. The lowest BCUT2D eigenvalue weighted by Gasteiger charge is -2.40. The third-order valence-electron chi connectivity index (χ3n) is 4.19. The number of non-ortho nitro benzene ring substituents is 1. The SMILES string of the molecule is CC(C)(C)OC(=O)N1CCN(CC(=O)c2cccc([N+](=O)[O-])c2)[C@H](CO)C1. The zero-order valence-electron chi connectivity index (χ0n) is 15.8. The van der Waals surface area contributed by atoms with Crippen molar-refractivity contribution in [2.75, 3.05) is 32.8 Å². The molecule has 0 saturated carbocycles. The smallest absolute Gasteiger partial charge is 0.410 e. The van der Waals surface area contributed by atoms with Gasteiger partial charge in [-0.15, -0.1) is 0 Å². The molecule has 1 aliphatic rings. The number of nitrogens with zero attached hydrogens (tertiary/aromatic N) is 3. The molecule has 1 atom stereocenters. The van der Waals surface area contributed by atoms with Crippen LogP contribution >= 0.6 is 0 Å². The van der Waals surface area contributed by atoms with Gasteiger partial charge in [0, 0.05) is 37.3 Å². The predicted molar refractivity (Wildman–Crippen MR) is 97.7 cm³/mol. The van der Waals surface area contributed by atoms with Crippen LogP contribution in [0.4, 0.5) is 10.5 Å². The average Bonchev–Trinajstić information content (AvgIpc) is 2.60. The number of amides is 1. The number of hydrogen-bond acceptors (Lipinski definition) is 7. The molecule has 1 aliphatic heterocycles. The van der Waals surface area contributed by atoms with Gasteiger partial charge in [-0.2, -0.15) is 0 Å². The number of ether oxygens (including phenoxy) is 1. The maximum Gasteiger partial charge on any atom is 0.410 e. The molecule has 1 N–H and O–H groups in total. The molecule has 9 nitrogen and oxygen atoms in total. The van der Waals surface area contributed by atoms with Crippen molar-refractivity contribution in [1.82, 2.24) is 9.80 Å². The van der Waals surface area contributed by atoms with Crippen molar-refractivity contribution in [3.05, 3.63) is 39.9 Å². The fourth-order valence-electron chi connectivity index (χ4n) is 2.84. The molecular weight excluding hydrogens is 354 g/mol. The molecule has 1 fully saturated rings. The lowest BCUT2D eigenvalue weighted by molar-refractivity contribution is -0.384. The topological polar surface area (TPSA) is 113 Å². The highest BCUT2D eigenvalue weighted by atomic mass is 16.6. The van der Waals surface area contributed by atoms with Crippen molar-refractivity contribution in [3.63, 3.8) is 0 Å². The van der Waals surface area contributed by atoms with Gasteiger partial charge in [0.2, 0.25) is 0 Å². The van der Waals surface area contributed by atoms with E-state index in [9.17, 15) is 24.8 Å².